The van der Waals surface area contributed by atoms with Crippen molar-refractivity contribution in [3.05, 3.63) is 34.3 Å². The van der Waals surface area contributed by atoms with E-state index in [1.165, 1.54) is 0 Å². The van der Waals surface area contributed by atoms with Gasteiger partial charge in [0.1, 0.15) is 5.60 Å². The summed E-state index contributed by atoms with van der Waals surface area (Å²) < 4.78 is 6.05. The maximum Gasteiger partial charge on any atom is 0.185 e. The average molecular weight is 281 g/mol. The molecule has 0 saturated heterocycles. The van der Waals surface area contributed by atoms with Gasteiger partial charge in [-0.15, -0.1) is 0 Å². The third kappa shape index (κ3) is 5.26. The highest BCUT2D eigenvalue weighted by Crippen LogP contribution is 2.18. The minimum Gasteiger partial charge on any atom is -0.402 e. The van der Waals surface area contributed by atoms with Crippen LogP contribution in [0.25, 0.3) is 0 Å². The van der Waals surface area contributed by atoms with Crippen molar-refractivity contribution in [3.8, 4) is 11.8 Å². The number of halogens is 1. The molecule has 1 aromatic rings. The van der Waals surface area contributed by atoms with Crippen LogP contribution in [0.4, 0.5) is 0 Å². The Hall–Kier alpha value is -0.753. The van der Waals surface area contributed by atoms with Crippen LogP contribution >= 0.6 is 11.6 Å². The quantitative estimate of drug-likeness (QED) is 0.567. The van der Waals surface area contributed by atoms with Gasteiger partial charge in [-0.05, 0) is 58.1 Å². The number of aryl methyl sites for hydroxylation is 1. The lowest BCUT2D eigenvalue weighted by atomic mass is 10.1. The molecule has 0 fully saturated rings. The van der Waals surface area contributed by atoms with Crippen LogP contribution in [-0.4, -0.2) is 13.9 Å². The molecule has 0 radical (unpaired) electrons. The Kier molecular flexibility index (Phi) is 4.66. The van der Waals surface area contributed by atoms with E-state index < -0.39 is 13.9 Å². The maximum atomic E-state index is 6.05. The highest BCUT2D eigenvalue weighted by Gasteiger charge is 2.25. The van der Waals surface area contributed by atoms with Crippen LogP contribution in [0.5, 0.6) is 0 Å². The van der Waals surface area contributed by atoms with E-state index >= 15 is 0 Å². The first-order valence-corrected chi connectivity index (χ1v) is 9.87. The van der Waals surface area contributed by atoms with Crippen LogP contribution in [0.2, 0.25) is 24.7 Å². The van der Waals surface area contributed by atoms with Crippen molar-refractivity contribution < 1.29 is 4.43 Å². The summed E-state index contributed by atoms with van der Waals surface area (Å²) in [6.45, 7) is 12.6. The zero-order valence-corrected chi connectivity index (χ0v) is 13.8. The monoisotopic (exact) mass is 280 g/mol. The third-order valence-electron chi connectivity index (χ3n) is 2.26. The minimum absolute atomic E-state index is 0.417. The van der Waals surface area contributed by atoms with Gasteiger partial charge >= 0.3 is 0 Å². The molecule has 1 rings (SSSR count). The second-order valence-corrected chi connectivity index (χ2v) is 10.8. The summed E-state index contributed by atoms with van der Waals surface area (Å²) in [6.07, 6.45) is 0. The Labute approximate surface area is 117 Å². The SMILES string of the molecule is Cc1ccc(Cl)cc1C#CC(C)(C)O[Si](C)(C)C. The molecule has 0 aromatic heterocycles. The van der Waals surface area contributed by atoms with E-state index in [9.17, 15) is 0 Å². The highest BCUT2D eigenvalue weighted by molar-refractivity contribution is 6.69. The lowest BCUT2D eigenvalue weighted by Gasteiger charge is -2.28. The molecule has 0 atom stereocenters. The predicted octanol–water partition coefficient (Wildman–Crippen LogP) is 4.63. The molecular formula is C15H21ClOSi. The Morgan fingerprint density at radius 1 is 1.22 bits per heavy atom. The molecule has 0 aliphatic carbocycles. The summed E-state index contributed by atoms with van der Waals surface area (Å²) in [5.41, 5.74) is 1.68. The summed E-state index contributed by atoms with van der Waals surface area (Å²) in [7, 11) is -1.58. The molecule has 0 spiro atoms. The van der Waals surface area contributed by atoms with Crippen LogP contribution < -0.4 is 0 Å². The summed E-state index contributed by atoms with van der Waals surface area (Å²) in [5.74, 6) is 6.38. The lowest BCUT2D eigenvalue weighted by Crippen LogP contribution is -2.37. The first-order valence-electron chi connectivity index (χ1n) is 6.09. The zero-order chi connectivity index (χ0) is 14.0. The van der Waals surface area contributed by atoms with E-state index in [-0.39, 0.29) is 0 Å². The van der Waals surface area contributed by atoms with E-state index in [1.807, 2.05) is 39.0 Å². The van der Waals surface area contributed by atoms with Crippen molar-refractivity contribution in [3.63, 3.8) is 0 Å². The van der Waals surface area contributed by atoms with E-state index in [4.69, 9.17) is 16.0 Å². The van der Waals surface area contributed by atoms with E-state index in [2.05, 4.69) is 31.5 Å². The Balaban J connectivity index is 2.97. The Morgan fingerprint density at radius 2 is 1.83 bits per heavy atom. The molecule has 0 saturated carbocycles. The van der Waals surface area contributed by atoms with Gasteiger partial charge in [-0.25, -0.2) is 0 Å². The average Bonchev–Trinajstić information content (AvgIpc) is 2.16. The molecule has 1 aromatic carbocycles. The standard InChI is InChI=1S/C15H21ClOSi/c1-12-7-8-14(16)11-13(12)9-10-15(2,3)17-18(4,5)6/h7-8,11H,1-6H3. The smallest absolute Gasteiger partial charge is 0.185 e. The van der Waals surface area contributed by atoms with Crippen molar-refractivity contribution >= 4 is 19.9 Å². The molecule has 3 heteroatoms. The summed E-state index contributed by atoms with van der Waals surface area (Å²) in [5, 5.41) is 0.717. The summed E-state index contributed by atoms with van der Waals surface area (Å²) in [4.78, 5) is 0. The molecule has 98 valence electrons. The molecular weight excluding hydrogens is 260 g/mol. The molecule has 0 aliphatic heterocycles. The fraction of sp³-hybridized carbons (Fsp3) is 0.467. The molecule has 1 nitrogen and oxygen atoms in total. The largest absolute Gasteiger partial charge is 0.402 e. The third-order valence-corrected chi connectivity index (χ3v) is 3.62. The van der Waals surface area contributed by atoms with Gasteiger partial charge < -0.3 is 4.43 Å². The second-order valence-electron chi connectivity index (χ2n) is 5.93. The molecule has 0 N–H and O–H groups in total. The van der Waals surface area contributed by atoms with Crippen molar-refractivity contribution in [2.24, 2.45) is 0 Å². The predicted molar refractivity (Wildman–Crippen MR) is 81.6 cm³/mol. The van der Waals surface area contributed by atoms with Gasteiger partial charge in [-0.3, -0.25) is 0 Å². The van der Waals surface area contributed by atoms with Crippen molar-refractivity contribution in [1.82, 2.24) is 0 Å². The van der Waals surface area contributed by atoms with E-state index in [0.717, 1.165) is 11.1 Å². The van der Waals surface area contributed by atoms with Gasteiger partial charge in [0.05, 0.1) is 0 Å². The van der Waals surface area contributed by atoms with Crippen LogP contribution in [0.1, 0.15) is 25.0 Å². The van der Waals surface area contributed by atoms with Gasteiger partial charge in [0, 0.05) is 10.6 Å². The summed E-state index contributed by atoms with van der Waals surface area (Å²) >= 11 is 5.98. The highest BCUT2D eigenvalue weighted by atomic mass is 35.5. The van der Waals surface area contributed by atoms with Gasteiger partial charge in [0.2, 0.25) is 0 Å². The summed E-state index contributed by atoms with van der Waals surface area (Å²) in [6, 6.07) is 5.76. The number of hydrogen-bond donors (Lipinski definition) is 0. The van der Waals surface area contributed by atoms with Crippen LogP contribution in [0.3, 0.4) is 0 Å². The maximum absolute atomic E-state index is 6.05. The second kappa shape index (κ2) is 5.48. The molecule has 18 heavy (non-hydrogen) atoms. The Morgan fingerprint density at radius 3 is 2.39 bits per heavy atom. The minimum atomic E-state index is -1.58. The van der Waals surface area contributed by atoms with Crippen LogP contribution in [0, 0.1) is 18.8 Å². The first-order chi connectivity index (χ1) is 8.09. The number of rotatable bonds is 2. The van der Waals surface area contributed by atoms with Crippen LogP contribution in [0.15, 0.2) is 18.2 Å². The van der Waals surface area contributed by atoms with E-state index in [1.54, 1.807) is 0 Å². The van der Waals surface area contributed by atoms with E-state index in [0.29, 0.717) is 5.02 Å². The molecule has 0 aliphatic rings. The number of benzene rings is 1. The molecule has 0 amide bonds. The van der Waals surface area contributed by atoms with Gasteiger partial charge in [0.15, 0.2) is 8.32 Å². The Bertz CT molecular complexity index is 489. The zero-order valence-electron chi connectivity index (χ0n) is 12.0. The first kappa shape index (κ1) is 15.3. The van der Waals surface area contributed by atoms with Gasteiger partial charge in [0.25, 0.3) is 0 Å². The van der Waals surface area contributed by atoms with Gasteiger partial charge in [-0.2, -0.15) is 0 Å². The van der Waals surface area contributed by atoms with Gasteiger partial charge in [-0.1, -0.05) is 29.5 Å². The topological polar surface area (TPSA) is 9.23 Å². The van der Waals surface area contributed by atoms with Crippen molar-refractivity contribution in [2.45, 2.75) is 46.0 Å². The lowest BCUT2D eigenvalue weighted by molar-refractivity contribution is 0.164. The fourth-order valence-corrected chi connectivity index (χ4v) is 3.49. The molecule has 0 bridgehead atoms. The van der Waals surface area contributed by atoms with Crippen molar-refractivity contribution in [2.75, 3.05) is 0 Å². The number of hydrogen-bond acceptors (Lipinski definition) is 1. The van der Waals surface area contributed by atoms with Crippen molar-refractivity contribution in [1.29, 1.82) is 0 Å². The van der Waals surface area contributed by atoms with Crippen LogP contribution in [-0.2, 0) is 4.43 Å². The fourth-order valence-electron chi connectivity index (χ4n) is 1.74. The molecule has 0 unspecified atom stereocenters. The normalized spacial score (nSPS) is 11.9. The molecule has 0 heterocycles.